The van der Waals surface area contributed by atoms with Crippen molar-refractivity contribution >= 4 is 15.7 Å². The zero-order valence-corrected chi connectivity index (χ0v) is 15.1. The minimum atomic E-state index is -3.69. The third-order valence-electron chi connectivity index (χ3n) is 3.74. The quantitative estimate of drug-likeness (QED) is 0.694. The van der Waals surface area contributed by atoms with Crippen molar-refractivity contribution in [1.82, 2.24) is 15.5 Å². The van der Waals surface area contributed by atoms with Crippen molar-refractivity contribution in [3.63, 3.8) is 0 Å². The van der Waals surface area contributed by atoms with Crippen LogP contribution in [-0.4, -0.2) is 30.8 Å². The van der Waals surface area contributed by atoms with Gasteiger partial charge in [-0.05, 0) is 17.7 Å². The van der Waals surface area contributed by atoms with E-state index in [2.05, 4.69) is 15.5 Å². The number of aromatic nitrogens is 2. The van der Waals surface area contributed by atoms with Crippen molar-refractivity contribution in [2.24, 2.45) is 0 Å². The largest absolute Gasteiger partial charge is 0.410 e. The predicted molar refractivity (Wildman–Crippen MR) is 94.2 cm³/mol. The Kier molecular flexibility index (Phi) is 5.31. The lowest BCUT2D eigenvalue weighted by Crippen LogP contribution is -2.31. The fraction of sp³-hybridized carbons (Fsp3) is 0.167. The molecule has 140 valence electrons. The molecule has 0 fully saturated rings. The van der Waals surface area contributed by atoms with Gasteiger partial charge in [-0.3, -0.25) is 4.79 Å². The molecule has 2 aromatic carbocycles. The number of amides is 1. The van der Waals surface area contributed by atoms with Gasteiger partial charge in [0, 0.05) is 12.7 Å². The zero-order valence-electron chi connectivity index (χ0n) is 14.3. The molecule has 0 saturated heterocycles. The Bertz CT molecular complexity index is 1050. The number of sulfone groups is 1. The highest BCUT2D eigenvalue weighted by Crippen LogP contribution is 2.20. The van der Waals surface area contributed by atoms with Gasteiger partial charge in [0.25, 0.3) is 5.91 Å². The van der Waals surface area contributed by atoms with E-state index in [1.54, 1.807) is 6.07 Å². The van der Waals surface area contributed by atoms with E-state index in [4.69, 9.17) is 4.42 Å². The van der Waals surface area contributed by atoms with Crippen LogP contribution in [0.15, 0.2) is 64.2 Å². The number of carbonyl (C=O) groups is 1. The monoisotopic (exact) mass is 389 g/mol. The second-order valence-electron chi connectivity index (χ2n) is 5.87. The first-order valence-electron chi connectivity index (χ1n) is 7.97. The van der Waals surface area contributed by atoms with Crippen LogP contribution in [0.2, 0.25) is 0 Å². The van der Waals surface area contributed by atoms with E-state index in [9.17, 15) is 17.6 Å². The maximum absolute atomic E-state index is 13.9. The van der Waals surface area contributed by atoms with Gasteiger partial charge in [-0.25, -0.2) is 12.8 Å². The number of benzene rings is 2. The third-order valence-corrected chi connectivity index (χ3v) is 4.54. The van der Waals surface area contributed by atoms with Crippen LogP contribution in [0.4, 0.5) is 4.39 Å². The third kappa shape index (κ3) is 4.56. The molecule has 0 bridgehead atoms. The minimum absolute atomic E-state index is 0.0797. The van der Waals surface area contributed by atoms with Crippen LogP contribution in [0.1, 0.15) is 27.9 Å². The predicted octanol–water partition coefficient (Wildman–Crippen LogP) is 2.33. The highest BCUT2D eigenvalue weighted by molar-refractivity contribution is 7.90. The van der Waals surface area contributed by atoms with Gasteiger partial charge >= 0.3 is 5.22 Å². The molecule has 1 amide bonds. The van der Waals surface area contributed by atoms with Gasteiger partial charge in [0.05, 0.1) is 5.56 Å². The molecule has 27 heavy (non-hydrogen) atoms. The maximum Gasteiger partial charge on any atom is 0.335 e. The lowest BCUT2D eigenvalue weighted by atomic mass is 10.1. The highest BCUT2D eigenvalue weighted by Gasteiger charge is 2.25. The number of hydrogen-bond donors (Lipinski definition) is 1. The Balaban J connectivity index is 1.91. The van der Waals surface area contributed by atoms with E-state index in [0.717, 1.165) is 11.8 Å². The van der Waals surface area contributed by atoms with Gasteiger partial charge in [-0.15, -0.1) is 5.10 Å². The van der Waals surface area contributed by atoms with Gasteiger partial charge in [-0.1, -0.05) is 47.6 Å². The number of nitrogens with zero attached hydrogens (tertiary/aromatic N) is 2. The number of carbonyl (C=O) groups excluding carboxylic acids is 1. The Morgan fingerprint density at radius 1 is 1.11 bits per heavy atom. The normalized spacial score (nSPS) is 12.5. The van der Waals surface area contributed by atoms with E-state index in [1.165, 1.54) is 18.2 Å². The summed E-state index contributed by atoms with van der Waals surface area (Å²) < 4.78 is 42.3. The van der Waals surface area contributed by atoms with Crippen LogP contribution in [0, 0.1) is 5.82 Å². The van der Waals surface area contributed by atoms with Crippen LogP contribution in [0.3, 0.4) is 0 Å². The average molecular weight is 389 g/mol. The van der Waals surface area contributed by atoms with E-state index >= 15 is 0 Å². The lowest BCUT2D eigenvalue weighted by molar-refractivity contribution is 0.0925. The molecule has 0 aliphatic carbocycles. The molecule has 9 heteroatoms. The molecule has 0 unspecified atom stereocenters. The molecule has 0 radical (unpaired) electrons. The minimum Gasteiger partial charge on any atom is -0.410 e. The second kappa shape index (κ2) is 7.67. The topological polar surface area (TPSA) is 102 Å². The summed E-state index contributed by atoms with van der Waals surface area (Å²) in [5.41, 5.74) is 0.703. The van der Waals surface area contributed by atoms with Gasteiger partial charge in [0.15, 0.2) is 0 Å². The van der Waals surface area contributed by atoms with Crippen LogP contribution < -0.4 is 5.32 Å². The molecule has 3 rings (SSSR count). The molecular formula is C18H16FN3O4S. The SMILES string of the molecule is CS(=O)(=O)c1nnc([C@H](Cc2ccccc2)NC(=O)c2ccccc2F)o1. The van der Waals surface area contributed by atoms with Crippen LogP contribution in [0.5, 0.6) is 0 Å². The summed E-state index contributed by atoms with van der Waals surface area (Å²) >= 11 is 0. The summed E-state index contributed by atoms with van der Waals surface area (Å²) in [4.78, 5) is 12.5. The number of halogens is 1. The van der Waals surface area contributed by atoms with Crippen LogP contribution in [0.25, 0.3) is 0 Å². The first-order chi connectivity index (χ1) is 12.8. The Hall–Kier alpha value is -3.07. The van der Waals surface area contributed by atoms with Crippen molar-refractivity contribution in [3.8, 4) is 0 Å². The van der Waals surface area contributed by atoms with Crippen molar-refractivity contribution < 1.29 is 22.0 Å². The van der Waals surface area contributed by atoms with Crippen molar-refractivity contribution in [3.05, 3.63) is 77.4 Å². The van der Waals surface area contributed by atoms with Gasteiger partial charge < -0.3 is 9.73 Å². The summed E-state index contributed by atoms with van der Waals surface area (Å²) in [7, 11) is -3.69. The molecule has 1 heterocycles. The smallest absolute Gasteiger partial charge is 0.335 e. The number of rotatable bonds is 6. The summed E-state index contributed by atoms with van der Waals surface area (Å²) in [6.45, 7) is 0. The molecule has 0 aliphatic rings. The van der Waals surface area contributed by atoms with Gasteiger partial charge in [0.1, 0.15) is 11.9 Å². The number of nitrogens with one attached hydrogen (secondary N) is 1. The van der Waals surface area contributed by atoms with Crippen molar-refractivity contribution in [2.75, 3.05) is 6.26 Å². The Morgan fingerprint density at radius 2 is 1.78 bits per heavy atom. The van der Waals surface area contributed by atoms with Crippen molar-refractivity contribution in [1.29, 1.82) is 0 Å². The first-order valence-corrected chi connectivity index (χ1v) is 9.86. The van der Waals surface area contributed by atoms with E-state index in [0.29, 0.717) is 0 Å². The van der Waals surface area contributed by atoms with E-state index < -0.39 is 32.8 Å². The fourth-order valence-corrected chi connectivity index (χ4v) is 2.87. The molecule has 1 N–H and O–H groups in total. The van der Waals surface area contributed by atoms with E-state index in [1.807, 2.05) is 30.3 Å². The van der Waals surface area contributed by atoms with Gasteiger partial charge in [-0.2, -0.15) is 0 Å². The molecule has 0 aliphatic heterocycles. The molecule has 3 aromatic rings. The molecule has 1 atom stereocenters. The molecule has 1 aromatic heterocycles. The van der Waals surface area contributed by atoms with Crippen LogP contribution in [-0.2, 0) is 16.3 Å². The fourth-order valence-electron chi connectivity index (χ4n) is 2.44. The lowest BCUT2D eigenvalue weighted by Gasteiger charge is -2.15. The Labute approximate surface area is 155 Å². The molecular weight excluding hydrogens is 373 g/mol. The number of hydrogen-bond acceptors (Lipinski definition) is 6. The maximum atomic E-state index is 13.9. The molecule has 0 saturated carbocycles. The van der Waals surface area contributed by atoms with E-state index in [-0.39, 0.29) is 17.9 Å². The zero-order chi connectivity index (χ0) is 19.4. The standard InChI is InChI=1S/C18H16FN3O4S/c1-27(24,25)18-22-21-17(26-18)15(11-12-7-3-2-4-8-12)20-16(23)13-9-5-6-10-14(13)19/h2-10,15H,11H2,1H3,(H,20,23)/t15-/m0/s1. The van der Waals surface area contributed by atoms with Gasteiger partial charge in [0.2, 0.25) is 15.7 Å². The first kappa shape index (κ1) is 18.7. The molecule has 0 spiro atoms. The van der Waals surface area contributed by atoms with Crippen LogP contribution >= 0.6 is 0 Å². The second-order valence-corrected chi connectivity index (χ2v) is 7.77. The molecule has 7 nitrogen and oxygen atoms in total. The summed E-state index contributed by atoms with van der Waals surface area (Å²) in [6, 6.07) is 13.8. The average Bonchev–Trinajstić information content (AvgIpc) is 3.13. The summed E-state index contributed by atoms with van der Waals surface area (Å²) in [5.74, 6) is -1.42. The Morgan fingerprint density at radius 3 is 2.41 bits per heavy atom. The summed E-state index contributed by atoms with van der Waals surface area (Å²) in [5, 5.41) is 9.35. The van der Waals surface area contributed by atoms with Crippen molar-refractivity contribution in [2.45, 2.75) is 17.7 Å². The highest BCUT2D eigenvalue weighted by atomic mass is 32.2. The summed E-state index contributed by atoms with van der Waals surface area (Å²) in [6.07, 6.45) is 1.20.